The second-order valence-electron chi connectivity index (χ2n) is 4.52. The van der Waals surface area contributed by atoms with Crippen molar-refractivity contribution >= 4 is 6.41 Å². The molecule has 1 N–H and O–H groups in total. The van der Waals surface area contributed by atoms with E-state index in [1.165, 1.54) is 0 Å². The van der Waals surface area contributed by atoms with Crippen LogP contribution >= 0.6 is 0 Å². The van der Waals surface area contributed by atoms with Crippen LogP contribution in [0.4, 0.5) is 0 Å². The van der Waals surface area contributed by atoms with Crippen molar-refractivity contribution in [1.29, 1.82) is 0 Å². The molecule has 1 fully saturated rings. The van der Waals surface area contributed by atoms with E-state index in [2.05, 4.69) is 33.0 Å². The van der Waals surface area contributed by atoms with Gasteiger partial charge in [-0.25, -0.2) is 0 Å². The highest BCUT2D eigenvalue weighted by molar-refractivity contribution is 5.46. The van der Waals surface area contributed by atoms with Crippen molar-refractivity contribution in [3.63, 3.8) is 0 Å². The Morgan fingerprint density at radius 2 is 1.73 bits per heavy atom. The summed E-state index contributed by atoms with van der Waals surface area (Å²) in [6.07, 6.45) is 0.782. The van der Waals surface area contributed by atoms with E-state index in [1.54, 1.807) is 0 Å². The second-order valence-corrected chi connectivity index (χ2v) is 4.52. The Labute approximate surface area is 68.4 Å². The average molecular weight is 155 g/mol. The summed E-state index contributed by atoms with van der Waals surface area (Å²) < 4.78 is 0. The van der Waals surface area contributed by atoms with Crippen LogP contribution < -0.4 is 5.32 Å². The molecule has 0 heterocycles. The molecule has 2 heteroatoms. The van der Waals surface area contributed by atoms with E-state index in [0.717, 1.165) is 13.0 Å². The van der Waals surface area contributed by atoms with Gasteiger partial charge in [0.25, 0.3) is 0 Å². The molecule has 1 aliphatic rings. The summed E-state index contributed by atoms with van der Waals surface area (Å²) in [6, 6.07) is 0. The molecule has 0 atom stereocenters. The number of hydrogen-bond donors (Lipinski definition) is 1. The molecule has 1 aliphatic carbocycles. The second kappa shape index (κ2) is 2.23. The topological polar surface area (TPSA) is 29.1 Å². The largest absolute Gasteiger partial charge is 0.358 e. The number of nitrogens with one attached hydrogen (secondary N) is 1. The molecule has 0 aliphatic heterocycles. The monoisotopic (exact) mass is 155 g/mol. The summed E-state index contributed by atoms with van der Waals surface area (Å²) in [6.45, 7) is 9.84. The Balaban J connectivity index is 2.46. The molecule has 1 amide bonds. The van der Waals surface area contributed by atoms with E-state index in [1.807, 2.05) is 0 Å². The first-order valence-corrected chi connectivity index (χ1v) is 4.11. The summed E-state index contributed by atoms with van der Waals surface area (Å²) in [4.78, 5) is 10.0. The lowest BCUT2D eigenvalue weighted by molar-refractivity contribution is -0.109. The van der Waals surface area contributed by atoms with Crippen molar-refractivity contribution in [3.05, 3.63) is 0 Å². The zero-order chi connectivity index (χ0) is 8.70. The Morgan fingerprint density at radius 3 is 2.00 bits per heavy atom. The van der Waals surface area contributed by atoms with Crippen molar-refractivity contribution in [1.82, 2.24) is 5.32 Å². The average Bonchev–Trinajstić information content (AvgIpc) is 2.23. The van der Waals surface area contributed by atoms with Crippen molar-refractivity contribution in [3.8, 4) is 0 Å². The number of carbonyl (C=O) groups excluding carboxylic acids is 1. The van der Waals surface area contributed by atoms with Gasteiger partial charge in [0.2, 0.25) is 6.41 Å². The van der Waals surface area contributed by atoms with Crippen LogP contribution in [-0.4, -0.2) is 13.0 Å². The van der Waals surface area contributed by atoms with Gasteiger partial charge in [-0.2, -0.15) is 0 Å². The molecule has 0 spiro atoms. The summed E-state index contributed by atoms with van der Waals surface area (Å²) in [7, 11) is 0. The molecule has 11 heavy (non-hydrogen) atoms. The van der Waals surface area contributed by atoms with Gasteiger partial charge in [-0.15, -0.1) is 0 Å². The Kier molecular flexibility index (Phi) is 1.73. The van der Waals surface area contributed by atoms with Gasteiger partial charge in [-0.3, -0.25) is 4.79 Å². The maximum atomic E-state index is 10.0. The molecule has 0 radical (unpaired) electrons. The van der Waals surface area contributed by atoms with Crippen molar-refractivity contribution < 1.29 is 4.79 Å². The van der Waals surface area contributed by atoms with Gasteiger partial charge in [0, 0.05) is 6.54 Å². The van der Waals surface area contributed by atoms with Gasteiger partial charge in [0.1, 0.15) is 0 Å². The van der Waals surface area contributed by atoms with Gasteiger partial charge in [-0.05, 0) is 16.7 Å². The summed E-state index contributed by atoms with van der Waals surface area (Å²) >= 11 is 0. The predicted molar refractivity (Wildman–Crippen MR) is 45.1 cm³/mol. The lowest BCUT2D eigenvalue weighted by Gasteiger charge is -2.04. The SMILES string of the molecule is CC1(C)C(CNC=O)C1(C)C. The van der Waals surface area contributed by atoms with Gasteiger partial charge in [-0.1, -0.05) is 27.7 Å². The van der Waals surface area contributed by atoms with Crippen LogP contribution in [0.2, 0.25) is 0 Å². The summed E-state index contributed by atoms with van der Waals surface area (Å²) in [5, 5.41) is 2.74. The van der Waals surface area contributed by atoms with E-state index in [9.17, 15) is 4.79 Å². The fourth-order valence-corrected chi connectivity index (χ4v) is 2.01. The molecule has 0 aromatic carbocycles. The number of carbonyl (C=O) groups is 1. The van der Waals surface area contributed by atoms with Gasteiger partial charge < -0.3 is 5.32 Å². The van der Waals surface area contributed by atoms with Crippen LogP contribution in [0.5, 0.6) is 0 Å². The Morgan fingerprint density at radius 1 is 1.27 bits per heavy atom. The smallest absolute Gasteiger partial charge is 0.207 e. The third kappa shape index (κ3) is 1.05. The van der Waals surface area contributed by atoms with Crippen LogP contribution in [-0.2, 0) is 4.79 Å². The number of rotatable bonds is 3. The molecule has 64 valence electrons. The first-order valence-electron chi connectivity index (χ1n) is 4.11. The van der Waals surface area contributed by atoms with Gasteiger partial charge >= 0.3 is 0 Å². The van der Waals surface area contributed by atoms with E-state index >= 15 is 0 Å². The summed E-state index contributed by atoms with van der Waals surface area (Å²) in [5.41, 5.74) is 0.784. The Bertz CT molecular complexity index is 158. The third-order valence-electron chi connectivity index (χ3n) is 3.72. The van der Waals surface area contributed by atoms with E-state index in [0.29, 0.717) is 16.7 Å². The predicted octanol–water partition coefficient (Wildman–Crippen LogP) is 1.41. The number of hydrogen-bond acceptors (Lipinski definition) is 1. The highest BCUT2D eigenvalue weighted by atomic mass is 16.1. The fraction of sp³-hybridized carbons (Fsp3) is 0.889. The van der Waals surface area contributed by atoms with E-state index in [-0.39, 0.29) is 0 Å². The van der Waals surface area contributed by atoms with Crippen LogP contribution in [0.1, 0.15) is 27.7 Å². The quantitative estimate of drug-likeness (QED) is 0.613. The van der Waals surface area contributed by atoms with E-state index in [4.69, 9.17) is 0 Å². The third-order valence-corrected chi connectivity index (χ3v) is 3.72. The molecule has 0 bridgehead atoms. The highest BCUT2D eigenvalue weighted by Gasteiger charge is 2.63. The van der Waals surface area contributed by atoms with Crippen LogP contribution in [0.15, 0.2) is 0 Å². The summed E-state index contributed by atoms with van der Waals surface area (Å²) in [5.74, 6) is 0.639. The number of amides is 1. The highest BCUT2D eigenvalue weighted by Crippen LogP contribution is 2.67. The molecule has 1 saturated carbocycles. The molecular formula is C9H17NO. The molecule has 0 aromatic rings. The molecule has 0 saturated heterocycles. The van der Waals surface area contributed by atoms with Crippen LogP contribution in [0, 0.1) is 16.7 Å². The molecule has 2 nitrogen and oxygen atoms in total. The minimum absolute atomic E-state index is 0.392. The van der Waals surface area contributed by atoms with Crippen molar-refractivity contribution in [2.45, 2.75) is 27.7 Å². The minimum atomic E-state index is 0.392. The normalized spacial score (nSPS) is 26.2. The molecule has 0 aromatic heterocycles. The zero-order valence-electron chi connectivity index (χ0n) is 7.77. The standard InChI is InChI=1S/C9H17NO/c1-8(2)7(5-10-6-11)9(8,3)4/h6-7H,5H2,1-4H3,(H,10,11). The first-order chi connectivity index (χ1) is 4.94. The van der Waals surface area contributed by atoms with Crippen LogP contribution in [0.25, 0.3) is 0 Å². The lowest BCUT2D eigenvalue weighted by Crippen LogP contribution is -2.16. The zero-order valence-corrected chi connectivity index (χ0v) is 7.77. The van der Waals surface area contributed by atoms with Crippen molar-refractivity contribution in [2.24, 2.45) is 16.7 Å². The van der Waals surface area contributed by atoms with Gasteiger partial charge in [0.15, 0.2) is 0 Å². The minimum Gasteiger partial charge on any atom is -0.358 e. The molecule has 0 unspecified atom stereocenters. The molecular weight excluding hydrogens is 138 g/mol. The van der Waals surface area contributed by atoms with E-state index < -0.39 is 0 Å². The lowest BCUT2D eigenvalue weighted by atomic mass is 10.0. The maximum absolute atomic E-state index is 10.0. The fourth-order valence-electron chi connectivity index (χ4n) is 2.01. The van der Waals surface area contributed by atoms with Crippen LogP contribution in [0.3, 0.4) is 0 Å². The molecule has 1 rings (SSSR count). The van der Waals surface area contributed by atoms with Gasteiger partial charge in [0.05, 0.1) is 0 Å². The first kappa shape index (κ1) is 8.57. The Hall–Kier alpha value is -0.530. The maximum Gasteiger partial charge on any atom is 0.207 e. The van der Waals surface area contributed by atoms with Crippen molar-refractivity contribution in [2.75, 3.05) is 6.54 Å².